The predicted molar refractivity (Wildman–Crippen MR) is 109 cm³/mol. The Bertz CT molecular complexity index is 484. The maximum absolute atomic E-state index is 4.76. The summed E-state index contributed by atoms with van der Waals surface area (Å²) < 4.78 is 2.40. The summed E-state index contributed by atoms with van der Waals surface area (Å²) in [6.07, 6.45) is 5.28. The van der Waals surface area contributed by atoms with Gasteiger partial charge in [0.1, 0.15) is 12.2 Å². The fraction of sp³-hybridized carbons (Fsp3) is 0.800. The quantitative estimate of drug-likeness (QED) is 0.378. The van der Waals surface area contributed by atoms with E-state index < -0.39 is 0 Å². The van der Waals surface area contributed by atoms with E-state index in [2.05, 4.69) is 46.2 Å². The Morgan fingerprint density at radius 2 is 2.26 bits per heavy atom. The summed E-state index contributed by atoms with van der Waals surface area (Å²) >= 11 is 2.05. The minimum atomic E-state index is 0. The zero-order chi connectivity index (χ0) is 15.8. The van der Waals surface area contributed by atoms with E-state index >= 15 is 0 Å². The van der Waals surface area contributed by atoms with Crippen molar-refractivity contribution < 1.29 is 0 Å². The molecule has 1 aromatic heterocycles. The van der Waals surface area contributed by atoms with E-state index in [9.17, 15) is 0 Å². The summed E-state index contributed by atoms with van der Waals surface area (Å²) in [6, 6.07) is 0. The third kappa shape index (κ3) is 6.48. The van der Waals surface area contributed by atoms with Crippen LogP contribution in [0.25, 0.3) is 0 Å². The third-order valence-corrected chi connectivity index (χ3v) is 5.40. The lowest BCUT2D eigenvalue weighted by Crippen LogP contribution is -2.40. The molecule has 1 aliphatic rings. The molecule has 1 fully saturated rings. The van der Waals surface area contributed by atoms with Crippen LogP contribution in [-0.4, -0.2) is 50.9 Å². The van der Waals surface area contributed by atoms with Crippen LogP contribution in [0, 0.1) is 0 Å². The van der Waals surface area contributed by atoms with Gasteiger partial charge in [0.2, 0.25) is 0 Å². The Labute approximate surface area is 160 Å². The van der Waals surface area contributed by atoms with Crippen molar-refractivity contribution in [3.8, 4) is 0 Å². The van der Waals surface area contributed by atoms with Crippen molar-refractivity contribution in [3.63, 3.8) is 0 Å². The molecule has 132 valence electrons. The second-order valence-corrected chi connectivity index (χ2v) is 7.50. The van der Waals surface area contributed by atoms with Crippen LogP contribution in [0.3, 0.4) is 0 Å². The van der Waals surface area contributed by atoms with E-state index in [1.165, 1.54) is 18.6 Å². The number of hydrogen-bond acceptors (Lipinski definition) is 4. The number of nitrogens with zero attached hydrogens (tertiary/aromatic N) is 4. The number of halogens is 1. The number of guanidine groups is 1. The first-order valence-electron chi connectivity index (χ1n) is 8.19. The van der Waals surface area contributed by atoms with Gasteiger partial charge in [-0.2, -0.15) is 11.8 Å². The second-order valence-electron chi connectivity index (χ2n) is 5.82. The molecule has 2 heterocycles. The molecule has 8 heteroatoms. The molecule has 0 bridgehead atoms. The monoisotopic (exact) mass is 452 g/mol. The van der Waals surface area contributed by atoms with Crippen molar-refractivity contribution in [2.45, 2.75) is 51.3 Å². The van der Waals surface area contributed by atoms with Crippen molar-refractivity contribution >= 4 is 41.7 Å². The van der Waals surface area contributed by atoms with Crippen LogP contribution in [0.15, 0.2) is 11.3 Å². The fourth-order valence-corrected chi connectivity index (χ4v) is 3.81. The van der Waals surface area contributed by atoms with Gasteiger partial charge in [-0.15, -0.1) is 34.2 Å². The molecule has 1 aromatic rings. The lowest BCUT2D eigenvalue weighted by atomic mass is 10.1. The van der Waals surface area contributed by atoms with E-state index in [1.54, 1.807) is 6.33 Å². The van der Waals surface area contributed by atoms with Gasteiger partial charge in [0.25, 0.3) is 0 Å². The molecule has 0 amide bonds. The van der Waals surface area contributed by atoms with E-state index in [0.717, 1.165) is 44.4 Å². The highest BCUT2D eigenvalue weighted by Crippen LogP contribution is 2.37. The Balaban J connectivity index is 0.00000264. The highest BCUT2D eigenvalue weighted by atomic mass is 127. The van der Waals surface area contributed by atoms with E-state index in [-0.39, 0.29) is 24.0 Å². The molecule has 0 radical (unpaired) electrons. The normalized spacial score (nSPS) is 21.1. The van der Waals surface area contributed by atoms with Gasteiger partial charge >= 0.3 is 0 Å². The van der Waals surface area contributed by atoms with Crippen LogP contribution in [-0.2, 0) is 13.0 Å². The first kappa shape index (κ1) is 20.5. The summed E-state index contributed by atoms with van der Waals surface area (Å²) in [4.78, 5) is 4.76. The van der Waals surface area contributed by atoms with Crippen LogP contribution < -0.4 is 10.6 Å². The number of aryl methyl sites for hydroxylation is 1. The van der Waals surface area contributed by atoms with Crippen LogP contribution in [0.1, 0.15) is 39.4 Å². The molecule has 2 rings (SSSR count). The average Bonchev–Trinajstić information content (AvgIpc) is 3.14. The minimum Gasteiger partial charge on any atom is -0.357 e. The minimum absolute atomic E-state index is 0. The number of nitrogens with one attached hydrogen (secondary N) is 2. The van der Waals surface area contributed by atoms with Crippen molar-refractivity contribution in [3.05, 3.63) is 12.2 Å². The molecule has 0 aromatic carbocycles. The SMILES string of the molecule is CCNC(=NCC1(C)CCCS1)NCCn1cnnc1CC.I. The van der Waals surface area contributed by atoms with E-state index in [0.29, 0.717) is 4.75 Å². The summed E-state index contributed by atoms with van der Waals surface area (Å²) in [7, 11) is 0. The van der Waals surface area contributed by atoms with Crippen molar-refractivity contribution in [1.29, 1.82) is 0 Å². The predicted octanol–water partition coefficient (Wildman–Crippen LogP) is 2.30. The van der Waals surface area contributed by atoms with Crippen LogP contribution >= 0.6 is 35.7 Å². The topological polar surface area (TPSA) is 67.1 Å². The molecule has 0 aliphatic carbocycles. The molecule has 0 saturated carbocycles. The van der Waals surface area contributed by atoms with Crippen LogP contribution in [0.4, 0.5) is 0 Å². The Morgan fingerprint density at radius 3 is 2.91 bits per heavy atom. The van der Waals surface area contributed by atoms with Gasteiger partial charge in [0.15, 0.2) is 5.96 Å². The van der Waals surface area contributed by atoms with Gasteiger partial charge in [0, 0.05) is 30.8 Å². The highest BCUT2D eigenvalue weighted by molar-refractivity contribution is 14.0. The van der Waals surface area contributed by atoms with Crippen LogP contribution in [0.5, 0.6) is 0 Å². The molecule has 1 atom stereocenters. The Morgan fingerprint density at radius 1 is 1.43 bits per heavy atom. The Hall–Kier alpha value is -0.510. The van der Waals surface area contributed by atoms with Gasteiger partial charge in [-0.1, -0.05) is 6.92 Å². The molecule has 0 spiro atoms. The van der Waals surface area contributed by atoms with Crippen molar-refractivity contribution in [1.82, 2.24) is 25.4 Å². The van der Waals surface area contributed by atoms with E-state index in [4.69, 9.17) is 4.99 Å². The molecule has 2 N–H and O–H groups in total. The van der Waals surface area contributed by atoms with E-state index in [1.807, 2.05) is 11.8 Å². The highest BCUT2D eigenvalue weighted by Gasteiger charge is 2.29. The lowest BCUT2D eigenvalue weighted by molar-refractivity contribution is 0.607. The average molecular weight is 452 g/mol. The molecule has 1 saturated heterocycles. The number of aromatic nitrogens is 3. The summed E-state index contributed by atoms with van der Waals surface area (Å²) in [5, 5.41) is 14.8. The fourth-order valence-electron chi connectivity index (χ4n) is 2.58. The molecule has 1 unspecified atom stereocenters. The number of aliphatic imine (C=N–C) groups is 1. The Kier molecular flexibility index (Phi) is 9.26. The van der Waals surface area contributed by atoms with Gasteiger partial charge in [-0.05, 0) is 32.4 Å². The lowest BCUT2D eigenvalue weighted by Gasteiger charge is -2.21. The smallest absolute Gasteiger partial charge is 0.191 e. The molecular weight excluding hydrogens is 423 g/mol. The van der Waals surface area contributed by atoms with Gasteiger partial charge < -0.3 is 15.2 Å². The number of hydrogen-bond donors (Lipinski definition) is 2. The number of rotatable bonds is 7. The number of thioether (sulfide) groups is 1. The molecule has 1 aliphatic heterocycles. The zero-order valence-corrected chi connectivity index (χ0v) is 17.5. The van der Waals surface area contributed by atoms with Gasteiger partial charge in [-0.25, -0.2) is 0 Å². The van der Waals surface area contributed by atoms with Crippen molar-refractivity contribution in [2.24, 2.45) is 4.99 Å². The third-order valence-electron chi connectivity index (χ3n) is 3.87. The molecular formula is C15H29IN6S. The van der Waals surface area contributed by atoms with Crippen molar-refractivity contribution in [2.75, 3.05) is 25.4 Å². The maximum atomic E-state index is 4.76. The summed E-state index contributed by atoms with van der Waals surface area (Å²) in [5.41, 5.74) is 0. The first-order chi connectivity index (χ1) is 10.7. The van der Waals surface area contributed by atoms with Gasteiger partial charge in [-0.3, -0.25) is 4.99 Å². The first-order valence-corrected chi connectivity index (χ1v) is 9.18. The largest absolute Gasteiger partial charge is 0.357 e. The summed E-state index contributed by atoms with van der Waals surface area (Å²) in [5.74, 6) is 3.20. The molecule has 23 heavy (non-hydrogen) atoms. The standard InChI is InChI=1S/C15H28N6S.HI/c1-4-13-20-19-12-21(13)9-8-17-14(16-5-2)18-11-15(3)7-6-10-22-15;/h12H,4-11H2,1-3H3,(H2,16,17,18);1H. The maximum Gasteiger partial charge on any atom is 0.191 e. The van der Waals surface area contributed by atoms with Gasteiger partial charge in [0.05, 0.1) is 6.54 Å². The second kappa shape index (κ2) is 10.4. The van der Waals surface area contributed by atoms with Crippen LogP contribution in [0.2, 0.25) is 0 Å². The molecule has 6 nitrogen and oxygen atoms in total. The summed E-state index contributed by atoms with van der Waals surface area (Å²) in [6.45, 7) is 9.94. The zero-order valence-electron chi connectivity index (χ0n) is 14.3.